The average molecular weight is 292 g/mol. The topological polar surface area (TPSA) is 67.9 Å². The fraction of sp³-hybridized carbons (Fsp3) is 0.467. The highest BCUT2D eigenvalue weighted by molar-refractivity contribution is 6.04. The second kappa shape index (κ2) is 6.47. The SMILES string of the molecule is COc1ccc(OCCN2C(=O)N[C@@H](C(C)C)C2=O)cc1. The fourth-order valence-corrected chi connectivity index (χ4v) is 2.13. The highest BCUT2D eigenvalue weighted by Crippen LogP contribution is 2.17. The minimum absolute atomic E-state index is 0.0777. The maximum absolute atomic E-state index is 12.1. The summed E-state index contributed by atoms with van der Waals surface area (Å²) in [4.78, 5) is 25.0. The van der Waals surface area contributed by atoms with Gasteiger partial charge in [-0.15, -0.1) is 0 Å². The van der Waals surface area contributed by atoms with Crippen molar-refractivity contribution in [3.05, 3.63) is 24.3 Å². The number of carbonyl (C=O) groups is 2. The number of ether oxygens (including phenoxy) is 2. The molecule has 1 aliphatic heterocycles. The van der Waals surface area contributed by atoms with Gasteiger partial charge in [-0.3, -0.25) is 9.69 Å². The molecule has 6 heteroatoms. The highest BCUT2D eigenvalue weighted by atomic mass is 16.5. The standard InChI is InChI=1S/C15H20N2O4/c1-10(2)13-14(18)17(15(19)16-13)8-9-21-12-6-4-11(20-3)5-7-12/h4-7,10,13H,8-9H2,1-3H3,(H,16,19)/t13-/m0/s1. The molecule has 1 saturated heterocycles. The molecule has 0 aromatic heterocycles. The Morgan fingerprint density at radius 3 is 2.33 bits per heavy atom. The van der Waals surface area contributed by atoms with Gasteiger partial charge in [-0.1, -0.05) is 13.8 Å². The van der Waals surface area contributed by atoms with Gasteiger partial charge < -0.3 is 14.8 Å². The van der Waals surface area contributed by atoms with E-state index in [-0.39, 0.29) is 31.0 Å². The maximum Gasteiger partial charge on any atom is 0.324 e. The van der Waals surface area contributed by atoms with Crippen LogP contribution in [0.25, 0.3) is 0 Å². The Hall–Kier alpha value is -2.24. The first-order valence-electron chi connectivity index (χ1n) is 6.91. The van der Waals surface area contributed by atoms with Crippen molar-refractivity contribution in [3.8, 4) is 11.5 Å². The minimum atomic E-state index is -0.432. The molecule has 6 nitrogen and oxygen atoms in total. The van der Waals surface area contributed by atoms with Crippen LogP contribution in [0.2, 0.25) is 0 Å². The predicted molar refractivity (Wildman–Crippen MR) is 77.4 cm³/mol. The number of urea groups is 1. The summed E-state index contributed by atoms with van der Waals surface area (Å²) in [5.41, 5.74) is 0. The van der Waals surface area contributed by atoms with E-state index in [4.69, 9.17) is 9.47 Å². The number of carbonyl (C=O) groups excluding carboxylic acids is 2. The number of nitrogens with one attached hydrogen (secondary N) is 1. The van der Waals surface area contributed by atoms with Crippen LogP contribution in [0.4, 0.5) is 4.79 Å². The van der Waals surface area contributed by atoms with Gasteiger partial charge in [-0.2, -0.15) is 0 Å². The zero-order valence-corrected chi connectivity index (χ0v) is 12.5. The lowest BCUT2D eigenvalue weighted by Crippen LogP contribution is -2.36. The van der Waals surface area contributed by atoms with Crippen LogP contribution in [0.3, 0.4) is 0 Å². The van der Waals surface area contributed by atoms with Crippen molar-refractivity contribution in [2.24, 2.45) is 5.92 Å². The van der Waals surface area contributed by atoms with Gasteiger partial charge in [0.25, 0.3) is 5.91 Å². The summed E-state index contributed by atoms with van der Waals surface area (Å²) in [5.74, 6) is 1.31. The van der Waals surface area contributed by atoms with Crippen molar-refractivity contribution in [1.82, 2.24) is 10.2 Å². The fourth-order valence-electron chi connectivity index (χ4n) is 2.13. The van der Waals surface area contributed by atoms with E-state index in [1.165, 1.54) is 4.90 Å². The number of rotatable bonds is 6. The number of amides is 3. The molecule has 0 saturated carbocycles. The third-order valence-corrected chi connectivity index (χ3v) is 3.37. The molecule has 1 aromatic carbocycles. The molecule has 0 bridgehead atoms. The minimum Gasteiger partial charge on any atom is -0.497 e. The molecule has 1 aromatic rings. The third-order valence-electron chi connectivity index (χ3n) is 3.37. The summed E-state index contributed by atoms with van der Waals surface area (Å²) in [5, 5.41) is 2.68. The molecule has 0 spiro atoms. The summed E-state index contributed by atoms with van der Waals surface area (Å²) in [6.45, 7) is 4.30. The van der Waals surface area contributed by atoms with Gasteiger partial charge in [-0.25, -0.2) is 4.79 Å². The summed E-state index contributed by atoms with van der Waals surface area (Å²) in [7, 11) is 1.60. The van der Waals surface area contributed by atoms with Gasteiger partial charge in [-0.05, 0) is 30.2 Å². The van der Waals surface area contributed by atoms with Crippen molar-refractivity contribution < 1.29 is 19.1 Å². The molecule has 1 aliphatic rings. The summed E-state index contributed by atoms with van der Waals surface area (Å²) < 4.78 is 10.6. The van der Waals surface area contributed by atoms with Gasteiger partial charge in [0.1, 0.15) is 24.1 Å². The van der Waals surface area contributed by atoms with Crippen LogP contribution in [0.15, 0.2) is 24.3 Å². The van der Waals surface area contributed by atoms with E-state index < -0.39 is 6.04 Å². The summed E-state index contributed by atoms with van der Waals surface area (Å²) in [6.07, 6.45) is 0. The van der Waals surface area contributed by atoms with Crippen LogP contribution in [0.5, 0.6) is 11.5 Å². The molecule has 0 unspecified atom stereocenters. The summed E-state index contributed by atoms with van der Waals surface area (Å²) in [6, 6.07) is 6.36. The lowest BCUT2D eigenvalue weighted by atomic mass is 10.1. The molecule has 3 amide bonds. The zero-order chi connectivity index (χ0) is 15.4. The van der Waals surface area contributed by atoms with E-state index in [0.29, 0.717) is 5.75 Å². The molecular weight excluding hydrogens is 272 g/mol. The Bertz CT molecular complexity index is 513. The van der Waals surface area contributed by atoms with Gasteiger partial charge in [0.2, 0.25) is 0 Å². The smallest absolute Gasteiger partial charge is 0.324 e. The van der Waals surface area contributed by atoms with E-state index in [0.717, 1.165) is 5.75 Å². The Balaban J connectivity index is 1.85. The zero-order valence-electron chi connectivity index (χ0n) is 12.5. The Morgan fingerprint density at radius 1 is 1.19 bits per heavy atom. The van der Waals surface area contributed by atoms with Crippen molar-refractivity contribution in [2.75, 3.05) is 20.3 Å². The van der Waals surface area contributed by atoms with E-state index in [1.807, 2.05) is 13.8 Å². The molecule has 0 radical (unpaired) electrons. The molecule has 2 rings (SSSR count). The van der Waals surface area contributed by atoms with Crippen LogP contribution < -0.4 is 14.8 Å². The molecule has 114 valence electrons. The molecular formula is C15H20N2O4. The number of benzene rings is 1. The van der Waals surface area contributed by atoms with E-state index in [9.17, 15) is 9.59 Å². The molecule has 0 aliphatic carbocycles. The van der Waals surface area contributed by atoms with Gasteiger partial charge in [0, 0.05) is 0 Å². The largest absolute Gasteiger partial charge is 0.497 e. The van der Waals surface area contributed by atoms with Crippen molar-refractivity contribution in [1.29, 1.82) is 0 Å². The maximum atomic E-state index is 12.1. The predicted octanol–water partition coefficient (Wildman–Crippen LogP) is 1.65. The number of hydrogen-bond donors (Lipinski definition) is 1. The van der Waals surface area contributed by atoms with Crippen molar-refractivity contribution in [3.63, 3.8) is 0 Å². The number of imide groups is 1. The quantitative estimate of drug-likeness (QED) is 0.810. The van der Waals surface area contributed by atoms with Gasteiger partial charge >= 0.3 is 6.03 Å². The van der Waals surface area contributed by atoms with E-state index >= 15 is 0 Å². The third kappa shape index (κ3) is 3.45. The van der Waals surface area contributed by atoms with E-state index in [1.54, 1.807) is 31.4 Å². The highest BCUT2D eigenvalue weighted by Gasteiger charge is 2.39. The first-order valence-corrected chi connectivity index (χ1v) is 6.91. The monoisotopic (exact) mass is 292 g/mol. The number of methoxy groups -OCH3 is 1. The summed E-state index contributed by atoms with van der Waals surface area (Å²) >= 11 is 0. The first-order chi connectivity index (χ1) is 10.0. The normalized spacial score (nSPS) is 18.1. The average Bonchev–Trinajstić information content (AvgIpc) is 2.76. The number of hydrogen-bond acceptors (Lipinski definition) is 4. The lowest BCUT2D eigenvalue weighted by Gasteiger charge is -2.15. The van der Waals surface area contributed by atoms with E-state index in [2.05, 4.69) is 5.32 Å². The Kier molecular flexibility index (Phi) is 4.67. The van der Waals surface area contributed by atoms with Crippen LogP contribution in [0.1, 0.15) is 13.8 Å². The van der Waals surface area contributed by atoms with Crippen molar-refractivity contribution in [2.45, 2.75) is 19.9 Å². The van der Waals surface area contributed by atoms with Crippen LogP contribution in [-0.4, -0.2) is 43.1 Å². The molecule has 1 heterocycles. The lowest BCUT2D eigenvalue weighted by molar-refractivity contribution is -0.128. The second-order valence-corrected chi connectivity index (χ2v) is 5.19. The molecule has 1 N–H and O–H groups in total. The van der Waals surface area contributed by atoms with Crippen LogP contribution >= 0.6 is 0 Å². The van der Waals surface area contributed by atoms with Gasteiger partial charge in [0.05, 0.1) is 13.7 Å². The molecule has 21 heavy (non-hydrogen) atoms. The number of nitrogens with zero attached hydrogens (tertiary/aromatic N) is 1. The van der Waals surface area contributed by atoms with Gasteiger partial charge in [0.15, 0.2) is 0 Å². The second-order valence-electron chi connectivity index (χ2n) is 5.19. The van der Waals surface area contributed by atoms with Crippen LogP contribution in [-0.2, 0) is 4.79 Å². The Morgan fingerprint density at radius 2 is 1.81 bits per heavy atom. The molecule has 1 fully saturated rings. The van der Waals surface area contributed by atoms with Crippen LogP contribution in [0, 0.1) is 5.92 Å². The molecule has 1 atom stereocenters. The first kappa shape index (κ1) is 15.2. The Labute approximate surface area is 124 Å². The van der Waals surface area contributed by atoms with Crippen molar-refractivity contribution >= 4 is 11.9 Å².